The van der Waals surface area contributed by atoms with Crippen molar-refractivity contribution >= 4 is 5.91 Å². The van der Waals surface area contributed by atoms with E-state index < -0.39 is 0 Å². The fourth-order valence-corrected chi connectivity index (χ4v) is 1.68. The fraction of sp³-hybridized carbons (Fsp3) is 0.462. The van der Waals surface area contributed by atoms with Crippen LogP contribution in [0.5, 0.6) is 5.75 Å². The molecule has 1 fully saturated rings. The molecule has 1 amide bonds. The molecule has 0 saturated carbocycles. The first-order valence-electron chi connectivity index (χ1n) is 5.52. The largest absolute Gasteiger partial charge is 0.488 e. The molecule has 0 aromatic heterocycles. The molecular weight excluding hydrogens is 202 g/mol. The van der Waals surface area contributed by atoms with Crippen LogP contribution in [0, 0.1) is 0 Å². The molecule has 1 aromatic carbocycles. The molecule has 0 bridgehead atoms. The first-order chi connectivity index (χ1) is 7.44. The molecule has 0 spiro atoms. The minimum atomic E-state index is -0.174. The molecule has 1 N–H and O–H groups in total. The standard InChI is InChI=1S/C13H17NO2/c1-13(2,3)16-10-6-4-9(5-7-10)11-8-12(15)14-11/h4-7,11H,8H2,1-3H3,(H,14,15). The number of β-lactam (4-membered cyclic amide) rings is 1. The molecular formula is C13H17NO2. The average Bonchev–Trinajstić information content (AvgIpc) is 2.12. The van der Waals surface area contributed by atoms with Crippen LogP contribution in [0.2, 0.25) is 0 Å². The van der Waals surface area contributed by atoms with Crippen LogP contribution in [-0.4, -0.2) is 11.5 Å². The van der Waals surface area contributed by atoms with Crippen LogP contribution in [0.25, 0.3) is 0 Å². The number of ether oxygens (including phenoxy) is 1. The second-order valence-electron chi connectivity index (χ2n) is 5.11. The minimum absolute atomic E-state index is 0.125. The van der Waals surface area contributed by atoms with E-state index in [4.69, 9.17) is 4.74 Å². The quantitative estimate of drug-likeness (QED) is 0.776. The van der Waals surface area contributed by atoms with E-state index in [1.54, 1.807) is 0 Å². The van der Waals surface area contributed by atoms with E-state index in [2.05, 4.69) is 5.32 Å². The SMILES string of the molecule is CC(C)(C)Oc1ccc(C2CC(=O)N2)cc1. The van der Waals surface area contributed by atoms with Gasteiger partial charge in [0.05, 0.1) is 12.5 Å². The molecule has 3 nitrogen and oxygen atoms in total. The molecule has 1 aliphatic heterocycles. The van der Waals surface area contributed by atoms with E-state index in [-0.39, 0.29) is 17.6 Å². The van der Waals surface area contributed by atoms with Crippen molar-refractivity contribution in [1.29, 1.82) is 0 Å². The molecule has 1 saturated heterocycles. The summed E-state index contributed by atoms with van der Waals surface area (Å²) < 4.78 is 5.72. The fourth-order valence-electron chi connectivity index (χ4n) is 1.68. The number of rotatable bonds is 2. The lowest BCUT2D eigenvalue weighted by atomic mass is 9.97. The maximum absolute atomic E-state index is 10.8. The lowest BCUT2D eigenvalue weighted by molar-refractivity contribution is -0.128. The zero-order chi connectivity index (χ0) is 11.8. The maximum Gasteiger partial charge on any atom is 0.222 e. The van der Waals surface area contributed by atoms with Crippen molar-refractivity contribution in [2.24, 2.45) is 0 Å². The minimum Gasteiger partial charge on any atom is -0.488 e. The lowest BCUT2D eigenvalue weighted by Gasteiger charge is -2.27. The molecule has 2 rings (SSSR count). The molecule has 0 radical (unpaired) electrons. The molecule has 1 heterocycles. The maximum atomic E-state index is 10.8. The van der Waals surface area contributed by atoms with Gasteiger partial charge in [-0.25, -0.2) is 0 Å². The van der Waals surface area contributed by atoms with Gasteiger partial charge in [-0.2, -0.15) is 0 Å². The summed E-state index contributed by atoms with van der Waals surface area (Å²) in [6.45, 7) is 6.06. The Kier molecular flexibility index (Phi) is 2.62. The highest BCUT2D eigenvalue weighted by molar-refractivity contribution is 5.83. The van der Waals surface area contributed by atoms with Gasteiger partial charge in [0.15, 0.2) is 0 Å². The van der Waals surface area contributed by atoms with Gasteiger partial charge in [-0.1, -0.05) is 12.1 Å². The van der Waals surface area contributed by atoms with Gasteiger partial charge in [0.2, 0.25) is 5.91 Å². The van der Waals surface area contributed by atoms with Gasteiger partial charge in [0.1, 0.15) is 11.4 Å². The van der Waals surface area contributed by atoms with Crippen molar-refractivity contribution in [2.75, 3.05) is 0 Å². The van der Waals surface area contributed by atoms with E-state index in [1.807, 2.05) is 45.0 Å². The summed E-state index contributed by atoms with van der Waals surface area (Å²) >= 11 is 0. The van der Waals surface area contributed by atoms with Crippen LogP contribution in [0.3, 0.4) is 0 Å². The Bertz CT molecular complexity index is 381. The molecule has 3 heteroatoms. The van der Waals surface area contributed by atoms with Crippen molar-refractivity contribution < 1.29 is 9.53 Å². The van der Waals surface area contributed by atoms with Crippen molar-refractivity contribution in [1.82, 2.24) is 5.32 Å². The third-order valence-electron chi connectivity index (χ3n) is 2.43. The smallest absolute Gasteiger partial charge is 0.222 e. The Morgan fingerprint density at radius 3 is 2.25 bits per heavy atom. The van der Waals surface area contributed by atoms with Crippen LogP contribution in [0.4, 0.5) is 0 Å². The molecule has 16 heavy (non-hydrogen) atoms. The van der Waals surface area contributed by atoms with Gasteiger partial charge in [-0.3, -0.25) is 4.79 Å². The van der Waals surface area contributed by atoms with Crippen LogP contribution in [0.1, 0.15) is 38.8 Å². The van der Waals surface area contributed by atoms with Crippen molar-refractivity contribution in [3.05, 3.63) is 29.8 Å². The summed E-state index contributed by atoms with van der Waals surface area (Å²) in [7, 11) is 0. The van der Waals surface area contributed by atoms with E-state index in [0.29, 0.717) is 6.42 Å². The van der Waals surface area contributed by atoms with E-state index in [0.717, 1.165) is 11.3 Å². The summed E-state index contributed by atoms with van der Waals surface area (Å²) in [4.78, 5) is 10.8. The predicted molar refractivity (Wildman–Crippen MR) is 62.3 cm³/mol. The van der Waals surface area contributed by atoms with Crippen LogP contribution in [0.15, 0.2) is 24.3 Å². The van der Waals surface area contributed by atoms with Gasteiger partial charge in [0, 0.05) is 0 Å². The van der Waals surface area contributed by atoms with Gasteiger partial charge < -0.3 is 10.1 Å². The number of carbonyl (C=O) groups excluding carboxylic acids is 1. The summed E-state index contributed by atoms with van der Waals surface area (Å²) in [6.07, 6.45) is 0.597. The summed E-state index contributed by atoms with van der Waals surface area (Å²) in [6, 6.07) is 8.10. The van der Waals surface area contributed by atoms with E-state index >= 15 is 0 Å². The van der Waals surface area contributed by atoms with Crippen molar-refractivity contribution in [2.45, 2.75) is 38.8 Å². The molecule has 1 atom stereocenters. The Hall–Kier alpha value is -1.51. The third-order valence-corrected chi connectivity index (χ3v) is 2.43. The Morgan fingerprint density at radius 1 is 1.25 bits per heavy atom. The zero-order valence-electron chi connectivity index (χ0n) is 9.91. The second-order valence-corrected chi connectivity index (χ2v) is 5.11. The Balaban J connectivity index is 2.02. The second kappa shape index (κ2) is 3.81. The molecule has 86 valence electrons. The monoisotopic (exact) mass is 219 g/mol. The van der Waals surface area contributed by atoms with Crippen LogP contribution < -0.4 is 10.1 Å². The molecule has 1 aliphatic rings. The van der Waals surface area contributed by atoms with E-state index in [9.17, 15) is 4.79 Å². The highest BCUT2D eigenvalue weighted by Gasteiger charge is 2.26. The zero-order valence-corrected chi connectivity index (χ0v) is 9.91. The number of hydrogen-bond donors (Lipinski definition) is 1. The number of amides is 1. The van der Waals surface area contributed by atoms with Crippen LogP contribution in [-0.2, 0) is 4.79 Å². The van der Waals surface area contributed by atoms with Gasteiger partial charge in [-0.05, 0) is 38.5 Å². The predicted octanol–water partition coefficient (Wildman–Crippen LogP) is 2.42. The summed E-state index contributed by atoms with van der Waals surface area (Å²) in [5, 5.41) is 2.85. The highest BCUT2D eigenvalue weighted by atomic mass is 16.5. The van der Waals surface area contributed by atoms with E-state index in [1.165, 1.54) is 0 Å². The summed E-state index contributed by atoms with van der Waals surface area (Å²) in [5.74, 6) is 0.988. The van der Waals surface area contributed by atoms with Crippen molar-refractivity contribution in [3.8, 4) is 5.75 Å². The number of benzene rings is 1. The number of nitrogens with one attached hydrogen (secondary N) is 1. The summed E-state index contributed by atoms with van der Waals surface area (Å²) in [5.41, 5.74) is 0.965. The normalized spacial score (nSPS) is 19.9. The molecule has 1 aromatic rings. The molecule has 0 aliphatic carbocycles. The topological polar surface area (TPSA) is 38.3 Å². The Morgan fingerprint density at radius 2 is 1.81 bits per heavy atom. The Labute approximate surface area is 95.8 Å². The third kappa shape index (κ3) is 2.54. The van der Waals surface area contributed by atoms with Crippen molar-refractivity contribution in [3.63, 3.8) is 0 Å². The lowest BCUT2D eigenvalue weighted by Crippen LogP contribution is -2.41. The van der Waals surface area contributed by atoms with Gasteiger partial charge in [-0.15, -0.1) is 0 Å². The first kappa shape index (κ1) is 11.0. The number of carbonyl (C=O) groups is 1. The number of hydrogen-bond acceptors (Lipinski definition) is 2. The van der Waals surface area contributed by atoms with Crippen LogP contribution >= 0.6 is 0 Å². The highest BCUT2D eigenvalue weighted by Crippen LogP contribution is 2.26. The average molecular weight is 219 g/mol. The first-order valence-corrected chi connectivity index (χ1v) is 5.52. The van der Waals surface area contributed by atoms with Gasteiger partial charge in [0.25, 0.3) is 0 Å². The molecule has 1 unspecified atom stereocenters. The van der Waals surface area contributed by atoms with Gasteiger partial charge >= 0.3 is 0 Å².